The van der Waals surface area contributed by atoms with Crippen molar-refractivity contribution in [2.24, 2.45) is 0 Å². The zero-order valence-electron chi connectivity index (χ0n) is 14.4. The molecule has 0 saturated heterocycles. The summed E-state index contributed by atoms with van der Waals surface area (Å²) in [7, 11) is 1.31. The van der Waals surface area contributed by atoms with E-state index < -0.39 is 6.09 Å². The highest BCUT2D eigenvalue weighted by Crippen LogP contribution is 2.28. The van der Waals surface area contributed by atoms with E-state index in [1.165, 1.54) is 24.0 Å². The molecular weight excluding hydrogens is 340 g/mol. The SMILES string of the molecule is COC(=O)Nc1nc2c(s1)CN(C(=O)Nc1ccc(C)c(C)c1)CC2. The maximum absolute atomic E-state index is 12.5. The average Bonchev–Trinajstić information content (AvgIpc) is 2.99. The van der Waals surface area contributed by atoms with Crippen molar-refractivity contribution in [1.29, 1.82) is 0 Å². The average molecular weight is 360 g/mol. The topological polar surface area (TPSA) is 83.6 Å². The van der Waals surface area contributed by atoms with Gasteiger partial charge in [-0.25, -0.2) is 14.6 Å². The number of nitrogens with zero attached hydrogens (tertiary/aromatic N) is 2. The second-order valence-electron chi connectivity index (χ2n) is 5.91. The summed E-state index contributed by atoms with van der Waals surface area (Å²) >= 11 is 1.37. The number of ether oxygens (including phenoxy) is 1. The predicted octanol–water partition coefficient (Wildman–Crippen LogP) is 3.53. The first-order valence-electron chi connectivity index (χ1n) is 7.93. The minimum atomic E-state index is -0.546. The molecule has 0 radical (unpaired) electrons. The Hall–Kier alpha value is -2.61. The van der Waals surface area contributed by atoms with Crippen LogP contribution in [0.2, 0.25) is 0 Å². The summed E-state index contributed by atoms with van der Waals surface area (Å²) in [5, 5.41) is 6.01. The van der Waals surface area contributed by atoms with E-state index in [4.69, 9.17) is 0 Å². The number of thiazole rings is 1. The molecule has 0 aliphatic carbocycles. The van der Waals surface area contributed by atoms with Crippen molar-refractivity contribution in [3.63, 3.8) is 0 Å². The Morgan fingerprint density at radius 2 is 2.04 bits per heavy atom. The highest BCUT2D eigenvalue weighted by Gasteiger charge is 2.24. The van der Waals surface area contributed by atoms with Gasteiger partial charge in [0, 0.05) is 23.5 Å². The van der Waals surface area contributed by atoms with Crippen LogP contribution in [0.5, 0.6) is 0 Å². The van der Waals surface area contributed by atoms with Gasteiger partial charge in [-0.3, -0.25) is 5.32 Å². The lowest BCUT2D eigenvalue weighted by atomic mass is 10.1. The van der Waals surface area contributed by atoms with Crippen molar-refractivity contribution >= 4 is 34.3 Å². The second-order valence-corrected chi connectivity index (χ2v) is 6.99. The number of aromatic nitrogens is 1. The molecule has 3 rings (SSSR count). The molecule has 0 unspecified atom stereocenters. The molecule has 0 atom stereocenters. The van der Waals surface area contributed by atoms with Gasteiger partial charge in [-0.1, -0.05) is 17.4 Å². The molecule has 2 aromatic rings. The van der Waals surface area contributed by atoms with E-state index in [1.807, 2.05) is 32.0 Å². The molecule has 25 heavy (non-hydrogen) atoms. The lowest BCUT2D eigenvalue weighted by molar-refractivity contribution is 0.187. The number of amides is 3. The standard InChI is InChI=1S/C17H20N4O3S/c1-10-4-5-12(8-11(10)2)18-16(22)21-7-6-13-14(9-21)25-15(19-13)20-17(23)24-3/h4-5,8H,6-7,9H2,1-3H3,(H,18,22)(H,19,20,23). The number of methoxy groups -OCH3 is 1. The number of hydrogen-bond acceptors (Lipinski definition) is 5. The molecular formula is C17H20N4O3S. The number of carbonyl (C=O) groups excluding carboxylic acids is 2. The van der Waals surface area contributed by atoms with Crippen molar-refractivity contribution in [3.05, 3.63) is 39.9 Å². The van der Waals surface area contributed by atoms with Gasteiger partial charge in [0.1, 0.15) is 0 Å². The Morgan fingerprint density at radius 1 is 1.24 bits per heavy atom. The van der Waals surface area contributed by atoms with Crippen LogP contribution in [-0.2, 0) is 17.7 Å². The van der Waals surface area contributed by atoms with Crippen molar-refractivity contribution in [1.82, 2.24) is 9.88 Å². The van der Waals surface area contributed by atoms with Gasteiger partial charge >= 0.3 is 12.1 Å². The van der Waals surface area contributed by atoms with Gasteiger partial charge in [-0.15, -0.1) is 0 Å². The summed E-state index contributed by atoms with van der Waals surface area (Å²) in [6, 6.07) is 5.73. The van der Waals surface area contributed by atoms with Crippen LogP contribution >= 0.6 is 11.3 Å². The van der Waals surface area contributed by atoms with Crippen LogP contribution in [0.4, 0.5) is 20.4 Å². The Morgan fingerprint density at radius 3 is 2.76 bits per heavy atom. The highest BCUT2D eigenvalue weighted by molar-refractivity contribution is 7.15. The van der Waals surface area contributed by atoms with Crippen molar-refractivity contribution < 1.29 is 14.3 Å². The van der Waals surface area contributed by atoms with Gasteiger partial charge in [-0.05, 0) is 37.1 Å². The molecule has 2 N–H and O–H groups in total. The number of hydrogen-bond donors (Lipinski definition) is 2. The van der Waals surface area contributed by atoms with E-state index in [0.29, 0.717) is 24.6 Å². The van der Waals surface area contributed by atoms with Crippen LogP contribution in [0.3, 0.4) is 0 Å². The van der Waals surface area contributed by atoms with E-state index in [2.05, 4.69) is 20.4 Å². The number of anilines is 2. The molecule has 132 valence electrons. The first kappa shape index (κ1) is 17.2. The molecule has 0 spiro atoms. The summed E-state index contributed by atoms with van der Waals surface area (Å²) in [5.41, 5.74) is 4.04. The van der Waals surface area contributed by atoms with Gasteiger partial charge in [0.2, 0.25) is 0 Å². The molecule has 7 nitrogen and oxygen atoms in total. The zero-order valence-corrected chi connectivity index (χ0v) is 15.2. The maximum Gasteiger partial charge on any atom is 0.413 e. The third kappa shape index (κ3) is 3.90. The number of benzene rings is 1. The fraction of sp³-hybridized carbons (Fsp3) is 0.353. The summed E-state index contributed by atoms with van der Waals surface area (Å²) in [5.74, 6) is 0. The second kappa shape index (κ2) is 7.10. The quantitative estimate of drug-likeness (QED) is 0.858. The van der Waals surface area contributed by atoms with Crippen molar-refractivity contribution in [2.75, 3.05) is 24.3 Å². The lowest BCUT2D eigenvalue weighted by Crippen LogP contribution is -2.38. The molecule has 1 aromatic carbocycles. The highest BCUT2D eigenvalue weighted by atomic mass is 32.1. The number of nitrogens with one attached hydrogen (secondary N) is 2. The third-order valence-electron chi connectivity index (χ3n) is 4.17. The van der Waals surface area contributed by atoms with Gasteiger partial charge in [0.25, 0.3) is 0 Å². The minimum Gasteiger partial charge on any atom is -0.453 e. The monoisotopic (exact) mass is 360 g/mol. The van der Waals surface area contributed by atoms with Gasteiger partial charge in [0.15, 0.2) is 5.13 Å². The maximum atomic E-state index is 12.5. The number of rotatable bonds is 2. The Labute approximate surface area is 150 Å². The molecule has 3 amide bonds. The minimum absolute atomic E-state index is 0.134. The number of aryl methyl sites for hydroxylation is 2. The smallest absolute Gasteiger partial charge is 0.413 e. The molecule has 1 aliphatic heterocycles. The summed E-state index contributed by atoms with van der Waals surface area (Å²) in [4.78, 5) is 30.9. The third-order valence-corrected chi connectivity index (χ3v) is 5.17. The normalized spacial score (nSPS) is 13.2. The molecule has 0 bridgehead atoms. The summed E-state index contributed by atoms with van der Waals surface area (Å²) in [6.07, 6.45) is 0.116. The number of urea groups is 1. The Bertz CT molecular complexity index is 818. The lowest BCUT2D eigenvalue weighted by Gasteiger charge is -2.26. The van der Waals surface area contributed by atoms with E-state index >= 15 is 0 Å². The van der Waals surface area contributed by atoms with E-state index in [-0.39, 0.29) is 6.03 Å². The molecule has 2 heterocycles. The van der Waals surface area contributed by atoms with Crippen LogP contribution in [-0.4, -0.2) is 35.7 Å². The van der Waals surface area contributed by atoms with E-state index in [1.54, 1.807) is 4.90 Å². The van der Waals surface area contributed by atoms with Gasteiger partial charge in [-0.2, -0.15) is 0 Å². The van der Waals surface area contributed by atoms with Crippen molar-refractivity contribution in [3.8, 4) is 0 Å². The summed E-state index contributed by atoms with van der Waals surface area (Å²) in [6.45, 7) is 5.12. The van der Waals surface area contributed by atoms with Crippen LogP contribution in [0, 0.1) is 13.8 Å². The first-order valence-corrected chi connectivity index (χ1v) is 8.74. The summed E-state index contributed by atoms with van der Waals surface area (Å²) < 4.78 is 4.57. The van der Waals surface area contributed by atoms with Crippen LogP contribution < -0.4 is 10.6 Å². The number of carbonyl (C=O) groups is 2. The fourth-order valence-corrected chi connectivity index (χ4v) is 3.59. The number of fused-ring (bicyclic) bond motifs is 1. The molecule has 1 aromatic heterocycles. The van der Waals surface area contributed by atoms with E-state index in [9.17, 15) is 9.59 Å². The Balaban J connectivity index is 1.66. The molecule has 0 saturated carbocycles. The Kier molecular flexibility index (Phi) is 4.89. The molecule has 8 heteroatoms. The molecule has 1 aliphatic rings. The van der Waals surface area contributed by atoms with E-state index in [0.717, 1.165) is 21.8 Å². The van der Waals surface area contributed by atoms with Crippen molar-refractivity contribution in [2.45, 2.75) is 26.8 Å². The largest absolute Gasteiger partial charge is 0.453 e. The van der Waals surface area contributed by atoms with Gasteiger partial charge < -0.3 is 15.0 Å². The first-order chi connectivity index (χ1) is 12.0. The predicted molar refractivity (Wildman–Crippen MR) is 97.2 cm³/mol. The van der Waals surface area contributed by atoms with Gasteiger partial charge in [0.05, 0.1) is 19.3 Å². The fourth-order valence-electron chi connectivity index (χ4n) is 2.58. The van der Waals surface area contributed by atoms with Crippen LogP contribution in [0.1, 0.15) is 21.7 Å². The van der Waals surface area contributed by atoms with Crippen LogP contribution in [0.25, 0.3) is 0 Å². The van der Waals surface area contributed by atoms with Crippen LogP contribution in [0.15, 0.2) is 18.2 Å². The zero-order chi connectivity index (χ0) is 18.0. The molecule has 0 fully saturated rings.